The van der Waals surface area contributed by atoms with Gasteiger partial charge in [-0.15, -0.1) is 4.72 Å². The third-order valence-electron chi connectivity index (χ3n) is 0.358. The second-order valence-electron chi connectivity index (χ2n) is 1.58. The SMILES string of the molecule is CC(N)[N]S(C)(=O)=O. The number of nitrogens with zero attached hydrogens (tertiary/aromatic N) is 1. The molecule has 0 aromatic heterocycles. The van der Waals surface area contributed by atoms with Gasteiger partial charge in [0.05, 0.1) is 12.4 Å². The van der Waals surface area contributed by atoms with E-state index in [1.807, 2.05) is 0 Å². The van der Waals surface area contributed by atoms with Crippen LogP contribution in [0.1, 0.15) is 6.92 Å². The molecule has 0 aromatic rings. The van der Waals surface area contributed by atoms with Crippen molar-refractivity contribution in [3.05, 3.63) is 0 Å². The Bertz CT molecular complexity index is 149. The third-order valence-corrected chi connectivity index (χ3v) is 1.07. The molecule has 0 saturated heterocycles. The normalized spacial score (nSPS) is 15.9. The first-order valence-electron chi connectivity index (χ1n) is 2.09. The second-order valence-corrected chi connectivity index (χ2v) is 3.26. The molecule has 49 valence electrons. The Morgan fingerprint density at radius 3 is 2.00 bits per heavy atom. The van der Waals surface area contributed by atoms with Gasteiger partial charge < -0.3 is 5.73 Å². The van der Waals surface area contributed by atoms with Gasteiger partial charge in [-0.3, -0.25) is 0 Å². The van der Waals surface area contributed by atoms with Gasteiger partial charge in [-0.05, 0) is 6.92 Å². The lowest BCUT2D eigenvalue weighted by atomic mass is 10.7. The smallest absolute Gasteiger partial charge is 0.226 e. The van der Waals surface area contributed by atoms with E-state index < -0.39 is 16.2 Å². The molecule has 8 heavy (non-hydrogen) atoms. The van der Waals surface area contributed by atoms with Crippen LogP contribution < -0.4 is 10.5 Å². The van der Waals surface area contributed by atoms with Crippen molar-refractivity contribution in [3.8, 4) is 0 Å². The highest BCUT2D eigenvalue weighted by Crippen LogP contribution is 1.78. The van der Waals surface area contributed by atoms with Crippen molar-refractivity contribution < 1.29 is 8.42 Å². The molecule has 0 aliphatic heterocycles. The maximum absolute atomic E-state index is 10.2. The van der Waals surface area contributed by atoms with Gasteiger partial charge in [0.25, 0.3) is 0 Å². The first kappa shape index (κ1) is 7.87. The first-order chi connectivity index (χ1) is 3.42. The van der Waals surface area contributed by atoms with E-state index in [1.165, 1.54) is 6.92 Å². The average Bonchev–Trinajstić information content (AvgIpc) is 1.21. The molecule has 0 saturated carbocycles. The molecular formula is C3H9N2O2S. The van der Waals surface area contributed by atoms with E-state index in [0.717, 1.165) is 6.26 Å². The van der Waals surface area contributed by atoms with Crippen LogP contribution in [0.15, 0.2) is 0 Å². The Hall–Kier alpha value is -0.130. The van der Waals surface area contributed by atoms with Crippen molar-refractivity contribution in [2.75, 3.05) is 6.26 Å². The highest BCUT2D eigenvalue weighted by atomic mass is 32.2. The molecule has 1 unspecified atom stereocenters. The van der Waals surface area contributed by atoms with Gasteiger partial charge in [0.15, 0.2) is 0 Å². The van der Waals surface area contributed by atoms with Crippen molar-refractivity contribution >= 4 is 10.0 Å². The van der Waals surface area contributed by atoms with Crippen LogP contribution in [-0.4, -0.2) is 20.8 Å². The summed E-state index contributed by atoms with van der Waals surface area (Å²) in [4.78, 5) is 0. The summed E-state index contributed by atoms with van der Waals surface area (Å²) in [6.45, 7) is 1.50. The Morgan fingerprint density at radius 2 is 2.00 bits per heavy atom. The summed E-state index contributed by atoms with van der Waals surface area (Å²) in [6, 6.07) is 0. The lowest BCUT2D eigenvalue weighted by molar-refractivity contribution is 0.568. The fraction of sp³-hybridized carbons (Fsp3) is 1.00. The number of nitrogens with two attached hydrogens (primary N) is 1. The molecule has 0 rings (SSSR count). The van der Waals surface area contributed by atoms with E-state index in [0.29, 0.717) is 0 Å². The molecule has 1 atom stereocenters. The molecule has 5 heteroatoms. The van der Waals surface area contributed by atoms with Crippen LogP contribution in [0.5, 0.6) is 0 Å². The molecule has 0 aromatic carbocycles. The number of sulfonamides is 1. The average molecular weight is 137 g/mol. The van der Waals surface area contributed by atoms with Crippen LogP contribution in [0.4, 0.5) is 0 Å². The van der Waals surface area contributed by atoms with Crippen molar-refractivity contribution in [1.82, 2.24) is 4.72 Å². The molecule has 1 radical (unpaired) electrons. The number of rotatable bonds is 2. The van der Waals surface area contributed by atoms with Crippen LogP contribution in [0.3, 0.4) is 0 Å². The molecule has 0 bridgehead atoms. The molecule has 0 aliphatic carbocycles. The lowest BCUT2D eigenvalue weighted by Crippen LogP contribution is -2.31. The molecule has 2 N–H and O–H groups in total. The van der Waals surface area contributed by atoms with E-state index in [-0.39, 0.29) is 0 Å². The summed E-state index contributed by atoms with van der Waals surface area (Å²) in [5.74, 6) is 0. The number of hydrogen-bond acceptors (Lipinski definition) is 3. The monoisotopic (exact) mass is 137 g/mol. The third kappa shape index (κ3) is 5.87. The fourth-order valence-corrected chi connectivity index (χ4v) is 0.906. The zero-order valence-corrected chi connectivity index (χ0v) is 5.64. The second kappa shape index (κ2) is 2.43. The molecule has 0 fully saturated rings. The topological polar surface area (TPSA) is 74.3 Å². The summed E-state index contributed by atoms with van der Waals surface area (Å²) in [5, 5.41) is 0. The predicted molar refractivity (Wildman–Crippen MR) is 30.6 cm³/mol. The summed E-state index contributed by atoms with van der Waals surface area (Å²) in [7, 11) is -3.22. The van der Waals surface area contributed by atoms with Crippen LogP contribution in [0.2, 0.25) is 0 Å². The van der Waals surface area contributed by atoms with E-state index in [1.54, 1.807) is 0 Å². The van der Waals surface area contributed by atoms with Gasteiger partial charge in [0.1, 0.15) is 0 Å². The minimum absolute atomic E-state index is 0.620. The van der Waals surface area contributed by atoms with Gasteiger partial charge in [0, 0.05) is 0 Å². The Kier molecular flexibility index (Phi) is 2.39. The van der Waals surface area contributed by atoms with Crippen LogP contribution in [-0.2, 0) is 10.0 Å². The summed E-state index contributed by atoms with van der Waals surface area (Å²) < 4.78 is 23.5. The van der Waals surface area contributed by atoms with Crippen LogP contribution in [0, 0.1) is 0 Å². The standard InChI is InChI=1S/C3H9N2O2S/c1-3(4)5-8(2,6)7/h3H,4H2,1-2H3. The zero-order chi connectivity index (χ0) is 6.78. The fourth-order valence-electron chi connectivity index (χ4n) is 0.302. The van der Waals surface area contributed by atoms with E-state index in [2.05, 4.69) is 4.72 Å². The van der Waals surface area contributed by atoms with Crippen LogP contribution in [0.25, 0.3) is 0 Å². The van der Waals surface area contributed by atoms with Crippen molar-refractivity contribution in [2.24, 2.45) is 5.73 Å². The maximum atomic E-state index is 10.2. The summed E-state index contributed by atoms with van der Waals surface area (Å²) in [5.41, 5.74) is 5.03. The minimum atomic E-state index is -3.22. The number of hydrogen-bond donors (Lipinski definition) is 1. The highest BCUT2D eigenvalue weighted by molar-refractivity contribution is 7.88. The molecule has 0 amide bonds. The summed E-state index contributed by atoms with van der Waals surface area (Å²) >= 11 is 0. The molecule has 4 nitrogen and oxygen atoms in total. The van der Waals surface area contributed by atoms with Crippen molar-refractivity contribution in [2.45, 2.75) is 13.1 Å². The van der Waals surface area contributed by atoms with Gasteiger partial charge in [-0.1, -0.05) is 0 Å². The Labute approximate surface area is 49.1 Å². The van der Waals surface area contributed by atoms with Crippen molar-refractivity contribution in [3.63, 3.8) is 0 Å². The highest BCUT2D eigenvalue weighted by Gasteiger charge is 2.04. The van der Waals surface area contributed by atoms with Crippen molar-refractivity contribution in [1.29, 1.82) is 0 Å². The Morgan fingerprint density at radius 1 is 1.62 bits per heavy atom. The quantitative estimate of drug-likeness (QED) is 0.522. The summed E-state index contributed by atoms with van der Waals surface area (Å²) in [6.07, 6.45) is 0.390. The van der Waals surface area contributed by atoms with Gasteiger partial charge in [0.2, 0.25) is 10.0 Å². The molecule has 0 heterocycles. The first-order valence-corrected chi connectivity index (χ1v) is 3.94. The molecule has 0 spiro atoms. The Balaban J connectivity index is 3.75. The largest absolute Gasteiger partial charge is 0.314 e. The molecule has 0 aliphatic rings. The molecular weight excluding hydrogens is 128 g/mol. The lowest BCUT2D eigenvalue weighted by Gasteiger charge is -1.99. The van der Waals surface area contributed by atoms with Crippen LogP contribution >= 0.6 is 0 Å². The maximum Gasteiger partial charge on any atom is 0.226 e. The zero-order valence-electron chi connectivity index (χ0n) is 4.83. The predicted octanol–water partition coefficient (Wildman–Crippen LogP) is -1.14. The minimum Gasteiger partial charge on any atom is -0.314 e. The van der Waals surface area contributed by atoms with E-state index in [4.69, 9.17) is 5.73 Å². The van der Waals surface area contributed by atoms with E-state index in [9.17, 15) is 8.42 Å². The van der Waals surface area contributed by atoms with Gasteiger partial charge in [-0.25, -0.2) is 8.42 Å². The van der Waals surface area contributed by atoms with E-state index >= 15 is 0 Å². The van der Waals surface area contributed by atoms with Gasteiger partial charge >= 0.3 is 0 Å². The van der Waals surface area contributed by atoms with Gasteiger partial charge in [-0.2, -0.15) is 0 Å².